The number of hydrogen-bond acceptors (Lipinski definition) is 5. The van der Waals surface area contributed by atoms with E-state index in [4.69, 9.17) is 4.74 Å². The van der Waals surface area contributed by atoms with Gasteiger partial charge in [-0.2, -0.15) is 0 Å². The van der Waals surface area contributed by atoms with Crippen molar-refractivity contribution >= 4 is 18.2 Å². The van der Waals surface area contributed by atoms with Crippen LogP contribution >= 0.6 is 12.4 Å². The SMILES string of the molecule is COCCN(C)c1ccc(CN2CCC3(CCNC3)C2)cn1.Cl. The van der Waals surface area contributed by atoms with Gasteiger partial charge in [-0.1, -0.05) is 6.07 Å². The number of nitrogens with zero attached hydrogens (tertiary/aromatic N) is 3. The molecular weight excluding hydrogens is 312 g/mol. The van der Waals surface area contributed by atoms with E-state index in [1.807, 2.05) is 6.20 Å². The summed E-state index contributed by atoms with van der Waals surface area (Å²) in [6.07, 6.45) is 4.70. The molecule has 130 valence electrons. The number of likely N-dealkylation sites (tertiary alicyclic amines) is 1. The first-order chi connectivity index (χ1) is 10.7. The average Bonchev–Trinajstić information content (AvgIpc) is 3.16. The summed E-state index contributed by atoms with van der Waals surface area (Å²) in [5.74, 6) is 1.01. The Labute approximate surface area is 145 Å². The van der Waals surface area contributed by atoms with E-state index in [1.54, 1.807) is 7.11 Å². The molecular formula is C17H29ClN4O. The Morgan fingerprint density at radius 1 is 1.39 bits per heavy atom. The van der Waals surface area contributed by atoms with Crippen LogP contribution in [0.5, 0.6) is 0 Å². The largest absolute Gasteiger partial charge is 0.383 e. The van der Waals surface area contributed by atoms with Gasteiger partial charge in [0, 0.05) is 46.5 Å². The molecule has 1 unspecified atom stereocenters. The topological polar surface area (TPSA) is 40.6 Å². The van der Waals surface area contributed by atoms with Gasteiger partial charge in [-0.3, -0.25) is 4.90 Å². The Hall–Kier alpha value is -0.880. The Balaban J connectivity index is 0.00000192. The predicted molar refractivity (Wildman–Crippen MR) is 96.4 cm³/mol. The van der Waals surface area contributed by atoms with Crippen LogP contribution < -0.4 is 10.2 Å². The number of methoxy groups -OCH3 is 1. The third-order valence-electron chi connectivity index (χ3n) is 5.09. The molecule has 23 heavy (non-hydrogen) atoms. The number of pyridine rings is 1. The summed E-state index contributed by atoms with van der Waals surface area (Å²) >= 11 is 0. The summed E-state index contributed by atoms with van der Waals surface area (Å²) in [6, 6.07) is 4.33. The Kier molecular flexibility index (Phi) is 6.65. The van der Waals surface area contributed by atoms with Crippen molar-refractivity contribution in [2.75, 3.05) is 58.4 Å². The van der Waals surface area contributed by atoms with E-state index in [0.717, 1.165) is 25.5 Å². The van der Waals surface area contributed by atoms with Gasteiger partial charge in [-0.25, -0.2) is 4.98 Å². The second kappa shape index (κ2) is 8.29. The van der Waals surface area contributed by atoms with E-state index >= 15 is 0 Å². The van der Waals surface area contributed by atoms with Gasteiger partial charge in [-0.15, -0.1) is 12.4 Å². The third-order valence-corrected chi connectivity index (χ3v) is 5.09. The van der Waals surface area contributed by atoms with Crippen molar-refractivity contribution in [1.29, 1.82) is 0 Å². The first kappa shape index (κ1) is 18.5. The van der Waals surface area contributed by atoms with Crippen molar-refractivity contribution in [2.45, 2.75) is 19.4 Å². The minimum absolute atomic E-state index is 0. The van der Waals surface area contributed by atoms with Crippen LogP contribution in [0.25, 0.3) is 0 Å². The van der Waals surface area contributed by atoms with E-state index in [0.29, 0.717) is 5.41 Å². The minimum Gasteiger partial charge on any atom is -0.383 e. The standard InChI is InChI=1S/C17H28N4O.ClH/c1-20(9-10-22-2)16-4-3-15(11-19-16)12-21-8-6-17(14-21)5-7-18-13-17;/h3-4,11,18H,5-10,12-14H2,1-2H3;1H. The zero-order chi connectivity index (χ0) is 15.4. The summed E-state index contributed by atoms with van der Waals surface area (Å²) in [6.45, 7) is 7.46. The molecule has 0 amide bonds. The molecule has 1 N–H and O–H groups in total. The normalized spacial score (nSPS) is 24.1. The Morgan fingerprint density at radius 2 is 2.26 bits per heavy atom. The van der Waals surface area contributed by atoms with Gasteiger partial charge in [0.2, 0.25) is 0 Å². The minimum atomic E-state index is 0. The van der Waals surface area contributed by atoms with Gasteiger partial charge < -0.3 is 15.0 Å². The molecule has 6 heteroatoms. The van der Waals surface area contributed by atoms with E-state index < -0.39 is 0 Å². The molecule has 5 nitrogen and oxygen atoms in total. The van der Waals surface area contributed by atoms with Crippen molar-refractivity contribution in [3.8, 4) is 0 Å². The number of hydrogen-bond donors (Lipinski definition) is 1. The highest BCUT2D eigenvalue weighted by Crippen LogP contribution is 2.36. The van der Waals surface area contributed by atoms with Crippen LogP contribution in [0, 0.1) is 5.41 Å². The van der Waals surface area contributed by atoms with Gasteiger partial charge >= 0.3 is 0 Å². The molecule has 0 aromatic carbocycles. The molecule has 0 saturated carbocycles. The number of rotatable bonds is 6. The van der Waals surface area contributed by atoms with Gasteiger partial charge in [0.1, 0.15) is 5.82 Å². The monoisotopic (exact) mass is 340 g/mol. The van der Waals surface area contributed by atoms with Crippen LogP contribution in [0.2, 0.25) is 0 Å². The summed E-state index contributed by atoms with van der Waals surface area (Å²) in [5, 5.41) is 3.52. The van der Waals surface area contributed by atoms with Crippen LogP contribution in [-0.2, 0) is 11.3 Å². The fraction of sp³-hybridized carbons (Fsp3) is 0.706. The molecule has 1 atom stereocenters. The molecule has 3 rings (SSSR count). The summed E-state index contributed by atoms with van der Waals surface area (Å²) in [7, 11) is 3.78. The number of halogens is 1. The molecule has 2 aliphatic heterocycles. The molecule has 1 spiro atoms. The van der Waals surface area contributed by atoms with E-state index in [9.17, 15) is 0 Å². The lowest BCUT2D eigenvalue weighted by Gasteiger charge is -2.23. The van der Waals surface area contributed by atoms with Crippen LogP contribution in [0.1, 0.15) is 18.4 Å². The van der Waals surface area contributed by atoms with Gasteiger partial charge in [0.25, 0.3) is 0 Å². The zero-order valence-corrected chi connectivity index (χ0v) is 15.1. The number of nitrogens with one attached hydrogen (secondary N) is 1. The zero-order valence-electron chi connectivity index (χ0n) is 14.3. The highest BCUT2D eigenvalue weighted by Gasteiger charge is 2.39. The lowest BCUT2D eigenvalue weighted by Crippen LogP contribution is -2.29. The fourth-order valence-electron chi connectivity index (χ4n) is 3.64. The number of likely N-dealkylation sites (N-methyl/N-ethyl adjacent to an activating group) is 1. The highest BCUT2D eigenvalue weighted by molar-refractivity contribution is 5.85. The van der Waals surface area contributed by atoms with Crippen LogP contribution in [0.15, 0.2) is 18.3 Å². The Morgan fingerprint density at radius 3 is 2.91 bits per heavy atom. The van der Waals surface area contributed by atoms with Crippen LogP contribution in [0.4, 0.5) is 5.82 Å². The summed E-state index contributed by atoms with van der Waals surface area (Å²) in [5.41, 5.74) is 1.86. The number of anilines is 1. The molecule has 0 radical (unpaired) electrons. The Bertz CT molecular complexity index is 476. The van der Waals surface area contributed by atoms with Gasteiger partial charge in [0.05, 0.1) is 6.61 Å². The smallest absolute Gasteiger partial charge is 0.128 e. The molecule has 3 heterocycles. The first-order valence-electron chi connectivity index (χ1n) is 8.29. The molecule has 2 fully saturated rings. The molecule has 2 saturated heterocycles. The molecule has 0 aliphatic carbocycles. The fourth-order valence-corrected chi connectivity index (χ4v) is 3.64. The van der Waals surface area contributed by atoms with E-state index in [1.165, 1.54) is 44.6 Å². The maximum absolute atomic E-state index is 5.11. The van der Waals surface area contributed by atoms with Gasteiger partial charge in [-0.05, 0) is 43.0 Å². The predicted octanol–water partition coefficient (Wildman–Crippen LogP) is 1.77. The van der Waals surface area contributed by atoms with Crippen LogP contribution in [0.3, 0.4) is 0 Å². The van der Waals surface area contributed by atoms with E-state index in [2.05, 4.69) is 39.3 Å². The molecule has 0 bridgehead atoms. The summed E-state index contributed by atoms with van der Waals surface area (Å²) < 4.78 is 5.11. The average molecular weight is 341 g/mol. The highest BCUT2D eigenvalue weighted by atomic mass is 35.5. The lowest BCUT2D eigenvalue weighted by atomic mass is 9.87. The van der Waals surface area contributed by atoms with Gasteiger partial charge in [0.15, 0.2) is 0 Å². The first-order valence-corrected chi connectivity index (χ1v) is 8.29. The van der Waals surface area contributed by atoms with E-state index in [-0.39, 0.29) is 12.4 Å². The third kappa shape index (κ3) is 4.57. The maximum Gasteiger partial charge on any atom is 0.128 e. The van der Waals surface area contributed by atoms with Crippen molar-refractivity contribution in [3.05, 3.63) is 23.9 Å². The molecule has 1 aromatic heterocycles. The second-order valence-corrected chi connectivity index (χ2v) is 6.83. The second-order valence-electron chi connectivity index (χ2n) is 6.83. The quantitative estimate of drug-likeness (QED) is 0.854. The van der Waals surface area contributed by atoms with Crippen molar-refractivity contribution in [2.24, 2.45) is 5.41 Å². The lowest BCUT2D eigenvalue weighted by molar-refractivity contribution is 0.206. The van der Waals surface area contributed by atoms with Crippen LogP contribution in [-0.4, -0.2) is 63.4 Å². The van der Waals surface area contributed by atoms with Crippen molar-refractivity contribution < 1.29 is 4.74 Å². The maximum atomic E-state index is 5.11. The summed E-state index contributed by atoms with van der Waals surface area (Å²) in [4.78, 5) is 9.30. The number of aromatic nitrogens is 1. The molecule has 2 aliphatic rings. The van der Waals surface area contributed by atoms with Crippen molar-refractivity contribution in [3.63, 3.8) is 0 Å². The number of ether oxygens (including phenoxy) is 1. The van der Waals surface area contributed by atoms with Crippen molar-refractivity contribution in [1.82, 2.24) is 15.2 Å². The molecule has 1 aromatic rings.